The summed E-state index contributed by atoms with van der Waals surface area (Å²) in [5.74, 6) is 0.162. The number of aromatic nitrogens is 2. The fourth-order valence-corrected chi connectivity index (χ4v) is 4.77. The van der Waals surface area contributed by atoms with Gasteiger partial charge in [-0.05, 0) is 6.42 Å². The van der Waals surface area contributed by atoms with E-state index in [-0.39, 0.29) is 11.8 Å². The summed E-state index contributed by atoms with van der Waals surface area (Å²) in [5.41, 5.74) is 0.149. The Morgan fingerprint density at radius 2 is 2.04 bits per heavy atom. The predicted molar refractivity (Wildman–Crippen MR) is 98.8 cm³/mol. The highest BCUT2D eigenvalue weighted by Gasteiger charge is 2.58. The van der Waals surface area contributed by atoms with Gasteiger partial charge in [-0.2, -0.15) is 0 Å². The van der Waals surface area contributed by atoms with Crippen LogP contribution < -0.4 is 0 Å². The van der Waals surface area contributed by atoms with E-state index in [0.717, 1.165) is 29.3 Å². The molecular weight excluding hydrogens is 352 g/mol. The zero-order chi connectivity index (χ0) is 18.7. The first-order valence-corrected chi connectivity index (χ1v) is 10.1. The van der Waals surface area contributed by atoms with Crippen molar-refractivity contribution in [1.82, 2.24) is 19.8 Å². The number of carboxylic acids is 1. The molecule has 2 aliphatic rings. The van der Waals surface area contributed by atoms with Crippen molar-refractivity contribution in [3.05, 3.63) is 18.0 Å². The summed E-state index contributed by atoms with van der Waals surface area (Å²) in [6.45, 7) is 6.30. The van der Waals surface area contributed by atoms with Gasteiger partial charge >= 0.3 is 5.97 Å². The van der Waals surface area contributed by atoms with Gasteiger partial charge in [0.25, 0.3) is 0 Å². The summed E-state index contributed by atoms with van der Waals surface area (Å²) < 4.78 is 0. The number of hydrogen-bond donors (Lipinski definition) is 1. The Labute approximate surface area is 158 Å². The van der Waals surface area contributed by atoms with Gasteiger partial charge in [0, 0.05) is 69.3 Å². The van der Waals surface area contributed by atoms with Gasteiger partial charge in [0.15, 0.2) is 5.16 Å². The van der Waals surface area contributed by atoms with Crippen LogP contribution in [-0.2, 0) is 16.1 Å². The highest BCUT2D eigenvalue weighted by molar-refractivity contribution is 7.99. The van der Waals surface area contributed by atoms with Crippen molar-refractivity contribution in [3.63, 3.8) is 0 Å². The van der Waals surface area contributed by atoms with E-state index in [4.69, 9.17) is 0 Å². The van der Waals surface area contributed by atoms with E-state index in [1.165, 1.54) is 6.92 Å². The third-order valence-electron chi connectivity index (χ3n) is 5.37. The Hall–Kier alpha value is -1.67. The van der Waals surface area contributed by atoms with Gasteiger partial charge in [0.05, 0.1) is 0 Å². The molecule has 0 saturated carbocycles. The maximum atomic E-state index is 11.9. The number of hydrogen-bond acceptors (Lipinski definition) is 6. The topological polar surface area (TPSA) is 86.6 Å². The minimum absolute atomic E-state index is 0.0197. The number of rotatable bonds is 7. The standard InChI is InChI=1S/C18H26N4O3S/c1-3-4-5-26-17-19-6-14(7-20-17)8-21-9-15-10-22(13(2)23)12-18(15,11-21)16(24)25/h6-7,15H,3-5,8-12H2,1-2H3,(H,24,25)/t15-,18-/m1/s1. The normalized spacial score (nSPS) is 25.5. The number of nitrogens with zero attached hydrogens (tertiary/aromatic N) is 4. The second-order valence-electron chi connectivity index (χ2n) is 7.30. The minimum Gasteiger partial charge on any atom is -0.481 e. The molecule has 3 heterocycles. The number of thioether (sulfide) groups is 1. The molecule has 2 aliphatic heterocycles. The number of likely N-dealkylation sites (tertiary alicyclic amines) is 2. The summed E-state index contributed by atoms with van der Waals surface area (Å²) in [5, 5.41) is 10.6. The van der Waals surface area contributed by atoms with Crippen molar-refractivity contribution in [3.8, 4) is 0 Å². The molecule has 1 aromatic rings. The highest BCUT2D eigenvalue weighted by Crippen LogP contribution is 2.43. The third kappa shape index (κ3) is 3.86. The summed E-state index contributed by atoms with van der Waals surface area (Å²) in [4.78, 5) is 36.2. The number of amides is 1. The summed E-state index contributed by atoms with van der Waals surface area (Å²) in [7, 11) is 0. The van der Waals surface area contributed by atoms with E-state index in [1.54, 1.807) is 16.7 Å². The lowest BCUT2D eigenvalue weighted by molar-refractivity contribution is -0.149. The molecule has 1 N–H and O–H groups in total. The van der Waals surface area contributed by atoms with E-state index in [0.29, 0.717) is 32.7 Å². The number of unbranched alkanes of at least 4 members (excludes halogenated alkanes) is 1. The van der Waals surface area contributed by atoms with Gasteiger partial charge in [-0.3, -0.25) is 14.5 Å². The molecule has 0 aromatic carbocycles. The molecule has 142 valence electrons. The van der Waals surface area contributed by atoms with Crippen LogP contribution in [0.3, 0.4) is 0 Å². The fraction of sp³-hybridized carbons (Fsp3) is 0.667. The first-order chi connectivity index (χ1) is 12.4. The molecule has 26 heavy (non-hydrogen) atoms. The van der Waals surface area contributed by atoms with Crippen molar-refractivity contribution < 1.29 is 14.7 Å². The van der Waals surface area contributed by atoms with Crippen LogP contribution in [0.4, 0.5) is 0 Å². The molecule has 2 atom stereocenters. The maximum absolute atomic E-state index is 11.9. The molecule has 3 rings (SSSR count). The monoisotopic (exact) mass is 378 g/mol. The predicted octanol–water partition coefficient (Wildman–Crippen LogP) is 1.73. The molecule has 2 fully saturated rings. The zero-order valence-electron chi connectivity index (χ0n) is 15.3. The zero-order valence-corrected chi connectivity index (χ0v) is 16.2. The van der Waals surface area contributed by atoms with Crippen molar-refractivity contribution in [2.75, 3.05) is 31.9 Å². The largest absolute Gasteiger partial charge is 0.481 e. The van der Waals surface area contributed by atoms with Crippen LogP contribution in [0.1, 0.15) is 32.3 Å². The minimum atomic E-state index is -0.845. The van der Waals surface area contributed by atoms with Gasteiger partial charge in [-0.25, -0.2) is 9.97 Å². The van der Waals surface area contributed by atoms with Crippen LogP contribution in [0.15, 0.2) is 17.6 Å². The third-order valence-corrected chi connectivity index (χ3v) is 6.33. The molecule has 8 heteroatoms. The van der Waals surface area contributed by atoms with E-state index in [1.807, 2.05) is 12.4 Å². The Balaban J connectivity index is 1.61. The molecule has 0 aliphatic carbocycles. The Bertz CT molecular complexity index is 669. The second kappa shape index (κ2) is 7.92. The van der Waals surface area contributed by atoms with Gasteiger partial charge in [0.2, 0.25) is 5.91 Å². The number of aliphatic carboxylic acids is 1. The van der Waals surface area contributed by atoms with E-state index < -0.39 is 11.4 Å². The van der Waals surface area contributed by atoms with Crippen LogP contribution in [0.2, 0.25) is 0 Å². The first kappa shape index (κ1) is 19.1. The lowest BCUT2D eigenvalue weighted by atomic mass is 9.81. The second-order valence-corrected chi connectivity index (χ2v) is 8.37. The molecule has 0 spiro atoms. The van der Waals surface area contributed by atoms with Gasteiger partial charge in [-0.1, -0.05) is 25.1 Å². The Morgan fingerprint density at radius 1 is 1.31 bits per heavy atom. The smallest absolute Gasteiger partial charge is 0.313 e. The Morgan fingerprint density at radius 3 is 2.62 bits per heavy atom. The quantitative estimate of drug-likeness (QED) is 0.439. The number of carbonyl (C=O) groups excluding carboxylic acids is 1. The number of fused-ring (bicyclic) bond motifs is 1. The van der Waals surface area contributed by atoms with Crippen LogP contribution in [0, 0.1) is 11.3 Å². The van der Waals surface area contributed by atoms with Crippen LogP contribution >= 0.6 is 11.8 Å². The van der Waals surface area contributed by atoms with E-state index >= 15 is 0 Å². The summed E-state index contributed by atoms with van der Waals surface area (Å²) in [6, 6.07) is 0. The van der Waals surface area contributed by atoms with Crippen LogP contribution in [0.5, 0.6) is 0 Å². The van der Waals surface area contributed by atoms with Crippen LogP contribution in [0.25, 0.3) is 0 Å². The highest BCUT2D eigenvalue weighted by atomic mass is 32.2. The lowest BCUT2D eigenvalue weighted by Gasteiger charge is -2.25. The molecule has 0 unspecified atom stereocenters. The van der Waals surface area contributed by atoms with E-state index in [2.05, 4.69) is 21.8 Å². The average Bonchev–Trinajstić information content (AvgIpc) is 3.12. The molecule has 0 bridgehead atoms. The molecule has 7 nitrogen and oxygen atoms in total. The molecule has 1 aromatic heterocycles. The lowest BCUT2D eigenvalue weighted by Crippen LogP contribution is -2.41. The maximum Gasteiger partial charge on any atom is 0.313 e. The summed E-state index contributed by atoms with van der Waals surface area (Å²) in [6.07, 6.45) is 5.99. The number of carbonyl (C=O) groups is 2. The summed E-state index contributed by atoms with van der Waals surface area (Å²) >= 11 is 1.67. The molecule has 0 radical (unpaired) electrons. The van der Waals surface area contributed by atoms with Gasteiger partial charge in [0.1, 0.15) is 5.41 Å². The van der Waals surface area contributed by atoms with Gasteiger partial charge < -0.3 is 10.0 Å². The van der Waals surface area contributed by atoms with Crippen molar-refractivity contribution in [2.45, 2.75) is 38.4 Å². The van der Waals surface area contributed by atoms with Gasteiger partial charge in [-0.15, -0.1) is 0 Å². The Kier molecular flexibility index (Phi) is 5.82. The molecule has 1 amide bonds. The average molecular weight is 378 g/mol. The van der Waals surface area contributed by atoms with Crippen molar-refractivity contribution >= 4 is 23.6 Å². The molecular formula is C18H26N4O3S. The van der Waals surface area contributed by atoms with Crippen molar-refractivity contribution in [1.29, 1.82) is 0 Å². The van der Waals surface area contributed by atoms with E-state index in [9.17, 15) is 14.7 Å². The fourth-order valence-electron chi connectivity index (χ4n) is 3.90. The van der Waals surface area contributed by atoms with Crippen molar-refractivity contribution in [2.24, 2.45) is 11.3 Å². The number of carboxylic acid groups (broad SMARTS) is 1. The van der Waals surface area contributed by atoms with Crippen LogP contribution in [-0.4, -0.2) is 68.7 Å². The first-order valence-electron chi connectivity index (χ1n) is 9.09. The SMILES string of the molecule is CCCCSc1ncc(CN2C[C@@H]3CN(C(C)=O)C[C@]3(C(=O)O)C2)cn1. The molecule has 2 saturated heterocycles.